The van der Waals surface area contributed by atoms with Crippen LogP contribution in [-0.2, 0) is 16.0 Å². The average molecular weight is 527 g/mol. The molecule has 0 bridgehead atoms. The van der Waals surface area contributed by atoms with Crippen LogP contribution in [0.5, 0.6) is 5.75 Å². The lowest BCUT2D eigenvalue weighted by Crippen LogP contribution is -2.38. The quantitative estimate of drug-likeness (QED) is 0.199. The Morgan fingerprint density at radius 3 is 2.79 bits per heavy atom. The molecule has 1 aromatic carbocycles. The van der Waals surface area contributed by atoms with Crippen molar-refractivity contribution in [3.8, 4) is 5.75 Å². The summed E-state index contributed by atoms with van der Waals surface area (Å²) in [5.41, 5.74) is 0.801. The van der Waals surface area contributed by atoms with Gasteiger partial charge in [0.15, 0.2) is 5.96 Å². The van der Waals surface area contributed by atoms with Gasteiger partial charge in [-0.05, 0) is 49.8 Å². The summed E-state index contributed by atoms with van der Waals surface area (Å²) >= 11 is 0. The molecule has 6 nitrogen and oxygen atoms in total. The molecular formula is C20H32F2IN3O3. The zero-order valence-corrected chi connectivity index (χ0v) is 19.2. The lowest BCUT2D eigenvalue weighted by atomic mass is 10.0. The van der Waals surface area contributed by atoms with Crippen LogP contribution in [0.3, 0.4) is 0 Å². The summed E-state index contributed by atoms with van der Waals surface area (Å²) in [4.78, 5) is 4.49. The molecule has 0 radical (unpaired) electrons. The van der Waals surface area contributed by atoms with Gasteiger partial charge in [0.1, 0.15) is 5.75 Å². The van der Waals surface area contributed by atoms with Gasteiger partial charge >= 0.3 is 6.61 Å². The van der Waals surface area contributed by atoms with Crippen molar-refractivity contribution in [1.82, 2.24) is 10.6 Å². The van der Waals surface area contributed by atoms with Gasteiger partial charge in [0.2, 0.25) is 0 Å². The van der Waals surface area contributed by atoms with Gasteiger partial charge < -0.3 is 24.8 Å². The second-order valence-electron chi connectivity index (χ2n) is 6.63. The molecule has 0 unspecified atom stereocenters. The summed E-state index contributed by atoms with van der Waals surface area (Å²) < 4.78 is 40.2. The zero-order valence-electron chi connectivity index (χ0n) is 16.9. The first-order chi connectivity index (χ1) is 13.7. The van der Waals surface area contributed by atoms with Crippen molar-refractivity contribution in [3.05, 3.63) is 29.8 Å². The molecule has 0 saturated carbocycles. The Morgan fingerprint density at radius 1 is 1.28 bits per heavy atom. The number of benzene rings is 1. The predicted octanol–water partition coefficient (Wildman–Crippen LogP) is 3.79. The fourth-order valence-electron chi connectivity index (χ4n) is 2.88. The lowest BCUT2D eigenvalue weighted by molar-refractivity contribution is -0.0498. The number of halogens is 3. The smallest absolute Gasteiger partial charge is 0.387 e. The zero-order chi connectivity index (χ0) is 20.0. The molecule has 1 aliphatic heterocycles. The van der Waals surface area contributed by atoms with Gasteiger partial charge in [-0.25, -0.2) is 4.99 Å². The van der Waals surface area contributed by atoms with Crippen LogP contribution in [-0.4, -0.2) is 52.1 Å². The summed E-state index contributed by atoms with van der Waals surface area (Å²) in [5.74, 6) is 1.44. The molecule has 9 heteroatoms. The standard InChI is InChI=1S/C20H31F2N3O3.HI/c1-2-23-20(24-9-4-10-27-15-16-7-11-26-12-8-16)25-14-17-5-3-6-18(13-17)28-19(21)22;/h3,5-6,13,16,19H,2,4,7-12,14-15H2,1H3,(H2,23,24,25);1H. The minimum Gasteiger partial charge on any atom is -0.435 e. The van der Waals surface area contributed by atoms with Gasteiger partial charge in [-0.2, -0.15) is 8.78 Å². The molecule has 29 heavy (non-hydrogen) atoms. The van der Waals surface area contributed by atoms with E-state index >= 15 is 0 Å². The fraction of sp³-hybridized carbons (Fsp3) is 0.650. The molecule has 0 amide bonds. The van der Waals surface area contributed by atoms with E-state index in [1.807, 2.05) is 13.0 Å². The third-order valence-corrected chi connectivity index (χ3v) is 4.34. The number of guanidine groups is 1. The molecule has 1 aromatic rings. The third kappa shape index (κ3) is 11.5. The van der Waals surface area contributed by atoms with Crippen molar-refractivity contribution in [3.63, 3.8) is 0 Å². The minimum atomic E-state index is -2.83. The van der Waals surface area contributed by atoms with Crippen molar-refractivity contribution < 1.29 is 23.0 Å². The summed E-state index contributed by atoms with van der Waals surface area (Å²) in [5, 5.41) is 6.44. The maximum Gasteiger partial charge on any atom is 0.387 e. The topological polar surface area (TPSA) is 64.1 Å². The van der Waals surface area contributed by atoms with Crippen LogP contribution in [0.1, 0.15) is 31.7 Å². The van der Waals surface area contributed by atoms with Gasteiger partial charge in [0.25, 0.3) is 0 Å². The van der Waals surface area contributed by atoms with Crippen molar-refractivity contribution in [2.45, 2.75) is 39.3 Å². The Hall–Kier alpha value is -1.20. The second-order valence-corrected chi connectivity index (χ2v) is 6.63. The van der Waals surface area contributed by atoms with Crippen molar-refractivity contribution in [2.24, 2.45) is 10.9 Å². The molecule has 0 aromatic heterocycles. The van der Waals surface area contributed by atoms with Crippen molar-refractivity contribution in [2.75, 3.05) is 39.5 Å². The maximum absolute atomic E-state index is 12.3. The van der Waals surface area contributed by atoms with E-state index in [-0.39, 0.29) is 29.7 Å². The predicted molar refractivity (Wildman–Crippen MR) is 120 cm³/mol. The molecule has 0 atom stereocenters. The summed E-state index contributed by atoms with van der Waals surface area (Å²) in [6.07, 6.45) is 3.05. The number of ether oxygens (including phenoxy) is 3. The lowest BCUT2D eigenvalue weighted by Gasteiger charge is -2.21. The molecule has 1 fully saturated rings. The number of nitrogens with zero attached hydrogens (tertiary/aromatic N) is 1. The number of hydrogen-bond donors (Lipinski definition) is 2. The van der Waals surface area contributed by atoms with E-state index in [1.165, 1.54) is 6.07 Å². The molecular weight excluding hydrogens is 495 g/mol. The molecule has 0 aliphatic carbocycles. The highest BCUT2D eigenvalue weighted by molar-refractivity contribution is 14.0. The largest absolute Gasteiger partial charge is 0.435 e. The Bertz CT molecular complexity index is 588. The number of hydrogen-bond acceptors (Lipinski definition) is 4. The van der Waals surface area contributed by atoms with Crippen molar-refractivity contribution >= 4 is 29.9 Å². The van der Waals surface area contributed by atoms with Gasteiger partial charge in [0.05, 0.1) is 6.54 Å². The highest BCUT2D eigenvalue weighted by atomic mass is 127. The number of alkyl halides is 2. The molecule has 1 saturated heterocycles. The fourth-order valence-corrected chi connectivity index (χ4v) is 2.88. The molecule has 2 N–H and O–H groups in total. The Morgan fingerprint density at radius 2 is 2.07 bits per heavy atom. The van der Waals surface area contributed by atoms with E-state index in [1.54, 1.807) is 12.1 Å². The van der Waals surface area contributed by atoms with E-state index in [0.717, 1.165) is 57.7 Å². The van der Waals surface area contributed by atoms with Crippen LogP contribution in [0.4, 0.5) is 8.78 Å². The van der Waals surface area contributed by atoms with Gasteiger partial charge in [-0.3, -0.25) is 0 Å². The van der Waals surface area contributed by atoms with E-state index in [4.69, 9.17) is 9.47 Å². The summed E-state index contributed by atoms with van der Waals surface area (Å²) in [6, 6.07) is 6.58. The Labute approximate surface area is 188 Å². The highest BCUT2D eigenvalue weighted by Crippen LogP contribution is 2.16. The molecule has 1 heterocycles. The van der Waals surface area contributed by atoms with Crippen molar-refractivity contribution in [1.29, 1.82) is 0 Å². The molecule has 166 valence electrons. The molecule has 2 rings (SSSR count). The number of rotatable bonds is 11. The Kier molecular flexibility index (Phi) is 13.9. The minimum absolute atomic E-state index is 0. The van der Waals surface area contributed by atoms with E-state index in [2.05, 4.69) is 20.4 Å². The van der Waals surface area contributed by atoms with Crippen LogP contribution < -0.4 is 15.4 Å². The monoisotopic (exact) mass is 527 g/mol. The van der Waals surface area contributed by atoms with E-state index in [0.29, 0.717) is 25.0 Å². The first-order valence-corrected chi connectivity index (χ1v) is 9.88. The summed E-state index contributed by atoms with van der Waals surface area (Å²) in [7, 11) is 0. The van der Waals surface area contributed by atoms with Crippen LogP contribution in [0, 0.1) is 5.92 Å². The van der Waals surface area contributed by atoms with Crippen LogP contribution >= 0.6 is 24.0 Å². The highest BCUT2D eigenvalue weighted by Gasteiger charge is 2.13. The van der Waals surface area contributed by atoms with E-state index in [9.17, 15) is 8.78 Å². The van der Waals surface area contributed by atoms with Crippen LogP contribution in [0.2, 0.25) is 0 Å². The average Bonchev–Trinajstić information content (AvgIpc) is 2.69. The molecule has 0 spiro atoms. The number of aliphatic imine (C=N–C) groups is 1. The maximum atomic E-state index is 12.3. The van der Waals surface area contributed by atoms with Crippen LogP contribution in [0.15, 0.2) is 29.3 Å². The van der Waals surface area contributed by atoms with Gasteiger partial charge in [-0.15, -0.1) is 24.0 Å². The summed E-state index contributed by atoms with van der Waals surface area (Å²) in [6.45, 7) is 4.21. The third-order valence-electron chi connectivity index (χ3n) is 4.34. The SMILES string of the molecule is CCNC(=NCc1cccc(OC(F)F)c1)NCCCOCC1CCOCC1.I. The van der Waals surface area contributed by atoms with Gasteiger partial charge in [0, 0.05) is 39.5 Å². The number of nitrogens with one attached hydrogen (secondary N) is 2. The van der Waals surface area contributed by atoms with E-state index < -0.39 is 6.61 Å². The first-order valence-electron chi connectivity index (χ1n) is 9.88. The molecule has 1 aliphatic rings. The second kappa shape index (κ2) is 15.6. The van der Waals surface area contributed by atoms with Gasteiger partial charge in [-0.1, -0.05) is 12.1 Å². The van der Waals surface area contributed by atoms with Crippen LogP contribution in [0.25, 0.3) is 0 Å². The Balaban J connectivity index is 0.00000420. The normalized spacial score (nSPS) is 15.1. The first kappa shape index (κ1) is 25.8.